The summed E-state index contributed by atoms with van der Waals surface area (Å²) in [6.45, 7) is 3.64. The fourth-order valence-electron chi connectivity index (χ4n) is 1.97. The summed E-state index contributed by atoms with van der Waals surface area (Å²) in [5, 5.41) is 4.47. The van der Waals surface area contributed by atoms with E-state index < -0.39 is 5.91 Å². The van der Waals surface area contributed by atoms with Crippen LogP contribution in [0.5, 0.6) is 0 Å². The number of rotatable bonds is 2. The number of anilines is 1. The quantitative estimate of drug-likeness (QED) is 0.785. The highest BCUT2D eigenvalue weighted by Crippen LogP contribution is 2.13. The molecule has 0 saturated carbocycles. The molecule has 3 aromatic rings. The molecule has 0 aliphatic rings. The number of fused-ring (bicyclic) bond motifs is 1. The van der Waals surface area contributed by atoms with Crippen molar-refractivity contribution < 1.29 is 4.79 Å². The van der Waals surface area contributed by atoms with Gasteiger partial charge in [0, 0.05) is 23.5 Å². The molecule has 0 atom stereocenters. The summed E-state index contributed by atoms with van der Waals surface area (Å²) in [5.41, 5.74) is 1.21. The Morgan fingerprint density at radius 1 is 1.33 bits per heavy atom. The fraction of sp³-hybridized carbons (Fsp3) is 0.143. The van der Waals surface area contributed by atoms with Crippen LogP contribution in [0.1, 0.15) is 21.6 Å². The largest absolute Gasteiger partial charge is 0.306 e. The number of nitrogens with zero attached hydrogens (tertiary/aromatic N) is 3. The summed E-state index contributed by atoms with van der Waals surface area (Å²) in [5.74, 6) is -0.0664. The van der Waals surface area contributed by atoms with E-state index in [0.29, 0.717) is 10.8 Å². The molecule has 6 nitrogen and oxygen atoms in total. The van der Waals surface area contributed by atoms with Gasteiger partial charge in [0.05, 0.1) is 0 Å². The Hall–Kier alpha value is -2.54. The van der Waals surface area contributed by atoms with Crippen molar-refractivity contribution >= 4 is 28.0 Å². The number of aromatic nitrogens is 3. The minimum absolute atomic E-state index is 0.000877. The second-order valence-corrected chi connectivity index (χ2v) is 5.43. The van der Waals surface area contributed by atoms with Gasteiger partial charge in [0.15, 0.2) is 4.96 Å². The molecule has 3 aromatic heterocycles. The zero-order valence-corrected chi connectivity index (χ0v) is 12.3. The summed E-state index contributed by atoms with van der Waals surface area (Å²) in [4.78, 5) is 33.4. The summed E-state index contributed by atoms with van der Waals surface area (Å²) in [6.07, 6.45) is 2.89. The van der Waals surface area contributed by atoms with E-state index >= 15 is 0 Å². The maximum atomic E-state index is 12.4. The van der Waals surface area contributed by atoms with Crippen molar-refractivity contribution in [1.82, 2.24) is 14.4 Å². The first-order chi connectivity index (χ1) is 10.1. The molecular weight excluding hydrogens is 288 g/mol. The first kappa shape index (κ1) is 13.4. The molecule has 1 N–H and O–H groups in total. The third kappa shape index (κ3) is 2.31. The minimum Gasteiger partial charge on any atom is -0.306 e. The van der Waals surface area contributed by atoms with E-state index in [0.717, 1.165) is 11.3 Å². The van der Waals surface area contributed by atoms with Crippen LogP contribution < -0.4 is 10.9 Å². The molecule has 106 valence electrons. The van der Waals surface area contributed by atoms with Crippen molar-refractivity contribution in [3.63, 3.8) is 0 Å². The number of nitrogens with one attached hydrogen (secondary N) is 1. The van der Waals surface area contributed by atoms with Crippen LogP contribution in [0.4, 0.5) is 5.82 Å². The standard InChI is InChI=1S/C14H12N4O2S/c1-8-4-3-5-15-11(8)17-12(19)10-6-16-14-18(13(10)20)9(2)7-21-14/h3-7H,1-2H3,(H,15,17,19). The number of hydrogen-bond donors (Lipinski definition) is 1. The molecule has 3 heterocycles. The van der Waals surface area contributed by atoms with E-state index in [9.17, 15) is 9.59 Å². The van der Waals surface area contributed by atoms with Crippen LogP contribution in [0.25, 0.3) is 4.96 Å². The van der Waals surface area contributed by atoms with Gasteiger partial charge in [-0.1, -0.05) is 6.07 Å². The molecule has 1 amide bonds. The third-order valence-electron chi connectivity index (χ3n) is 3.10. The molecule has 0 unspecified atom stereocenters. The molecule has 0 fully saturated rings. The molecule has 0 aliphatic carbocycles. The van der Waals surface area contributed by atoms with Gasteiger partial charge in [0.25, 0.3) is 11.5 Å². The van der Waals surface area contributed by atoms with E-state index in [4.69, 9.17) is 0 Å². The number of hydrogen-bond acceptors (Lipinski definition) is 5. The number of pyridine rings is 1. The van der Waals surface area contributed by atoms with Gasteiger partial charge < -0.3 is 5.32 Å². The van der Waals surface area contributed by atoms with E-state index in [1.807, 2.05) is 18.4 Å². The first-order valence-corrected chi connectivity index (χ1v) is 7.14. The number of carbonyl (C=O) groups is 1. The van der Waals surface area contributed by atoms with E-state index in [1.54, 1.807) is 19.2 Å². The van der Waals surface area contributed by atoms with Gasteiger partial charge in [0.2, 0.25) is 0 Å². The molecule has 0 bridgehead atoms. The second kappa shape index (κ2) is 5.10. The topological polar surface area (TPSA) is 76.4 Å². The van der Waals surface area contributed by atoms with Gasteiger partial charge in [-0.3, -0.25) is 14.0 Å². The summed E-state index contributed by atoms with van der Waals surface area (Å²) in [7, 11) is 0. The van der Waals surface area contributed by atoms with Crippen LogP contribution in [0.2, 0.25) is 0 Å². The summed E-state index contributed by atoms with van der Waals surface area (Å²) < 4.78 is 1.44. The maximum Gasteiger partial charge on any atom is 0.271 e. The maximum absolute atomic E-state index is 12.4. The highest BCUT2D eigenvalue weighted by molar-refractivity contribution is 7.15. The van der Waals surface area contributed by atoms with Crippen molar-refractivity contribution in [3.8, 4) is 0 Å². The van der Waals surface area contributed by atoms with Gasteiger partial charge in [-0.15, -0.1) is 11.3 Å². The lowest BCUT2D eigenvalue weighted by molar-refractivity contribution is 0.102. The Morgan fingerprint density at radius 2 is 2.14 bits per heavy atom. The molecule has 0 spiro atoms. The average molecular weight is 300 g/mol. The van der Waals surface area contributed by atoms with Crippen molar-refractivity contribution in [2.24, 2.45) is 0 Å². The Balaban J connectivity index is 2.03. The molecular formula is C14H12N4O2S. The highest BCUT2D eigenvalue weighted by Gasteiger charge is 2.16. The lowest BCUT2D eigenvalue weighted by atomic mass is 10.2. The monoisotopic (exact) mass is 300 g/mol. The lowest BCUT2D eigenvalue weighted by Crippen LogP contribution is -2.27. The third-order valence-corrected chi connectivity index (χ3v) is 4.06. The highest BCUT2D eigenvalue weighted by atomic mass is 32.1. The zero-order valence-electron chi connectivity index (χ0n) is 11.5. The molecule has 0 radical (unpaired) electrons. The molecule has 0 aromatic carbocycles. The van der Waals surface area contributed by atoms with Gasteiger partial charge in [-0.25, -0.2) is 9.97 Å². The molecule has 3 rings (SSSR count). The van der Waals surface area contributed by atoms with Crippen molar-refractivity contribution in [1.29, 1.82) is 0 Å². The Labute approximate surface area is 124 Å². The van der Waals surface area contributed by atoms with Crippen LogP contribution in [0.15, 0.2) is 34.7 Å². The number of aryl methyl sites for hydroxylation is 2. The molecule has 7 heteroatoms. The van der Waals surface area contributed by atoms with Crippen molar-refractivity contribution in [2.75, 3.05) is 5.32 Å². The van der Waals surface area contributed by atoms with Gasteiger partial charge in [-0.05, 0) is 25.5 Å². The summed E-state index contributed by atoms with van der Waals surface area (Å²) >= 11 is 1.36. The summed E-state index contributed by atoms with van der Waals surface area (Å²) in [6, 6.07) is 3.61. The Morgan fingerprint density at radius 3 is 2.90 bits per heavy atom. The van der Waals surface area contributed by atoms with Crippen molar-refractivity contribution in [2.45, 2.75) is 13.8 Å². The van der Waals surface area contributed by atoms with Crippen molar-refractivity contribution in [3.05, 3.63) is 57.1 Å². The van der Waals surface area contributed by atoms with Gasteiger partial charge in [-0.2, -0.15) is 0 Å². The smallest absolute Gasteiger partial charge is 0.271 e. The van der Waals surface area contributed by atoms with Crippen LogP contribution in [0.3, 0.4) is 0 Å². The zero-order chi connectivity index (χ0) is 15.0. The fourth-order valence-corrected chi connectivity index (χ4v) is 2.80. The number of carbonyl (C=O) groups excluding carboxylic acids is 1. The van der Waals surface area contributed by atoms with Gasteiger partial charge >= 0.3 is 0 Å². The lowest BCUT2D eigenvalue weighted by Gasteiger charge is -2.06. The van der Waals surface area contributed by atoms with E-state index in [1.165, 1.54) is 21.9 Å². The normalized spacial score (nSPS) is 10.8. The first-order valence-electron chi connectivity index (χ1n) is 6.27. The molecule has 21 heavy (non-hydrogen) atoms. The molecule has 0 aliphatic heterocycles. The predicted molar refractivity (Wildman–Crippen MR) is 81.0 cm³/mol. The average Bonchev–Trinajstić information content (AvgIpc) is 2.84. The minimum atomic E-state index is -0.505. The van der Waals surface area contributed by atoms with Gasteiger partial charge in [0.1, 0.15) is 11.4 Å². The van der Waals surface area contributed by atoms with Crippen LogP contribution in [-0.4, -0.2) is 20.3 Å². The Bertz CT molecular complexity index is 897. The van der Waals surface area contributed by atoms with E-state index in [-0.39, 0.29) is 11.1 Å². The SMILES string of the molecule is Cc1cccnc1NC(=O)c1cnc2scc(C)n2c1=O. The number of amides is 1. The second-order valence-electron chi connectivity index (χ2n) is 4.60. The van der Waals surface area contributed by atoms with Crippen LogP contribution >= 0.6 is 11.3 Å². The van der Waals surface area contributed by atoms with E-state index in [2.05, 4.69) is 15.3 Å². The van der Waals surface area contributed by atoms with Crippen LogP contribution in [0, 0.1) is 13.8 Å². The molecule has 0 saturated heterocycles. The Kier molecular flexibility index (Phi) is 3.26. The van der Waals surface area contributed by atoms with Crippen LogP contribution in [-0.2, 0) is 0 Å². The number of thiazole rings is 1. The predicted octanol–water partition coefficient (Wildman–Crippen LogP) is 2.02.